The summed E-state index contributed by atoms with van der Waals surface area (Å²) in [5.74, 6) is 0.829. The first-order valence-electron chi connectivity index (χ1n) is 5.94. The number of nitrogens with zero attached hydrogens (tertiary/aromatic N) is 1. The van der Waals surface area contributed by atoms with Gasteiger partial charge >= 0.3 is 0 Å². The lowest BCUT2D eigenvalue weighted by molar-refractivity contribution is 0.195. The van der Waals surface area contributed by atoms with Crippen molar-refractivity contribution in [3.63, 3.8) is 0 Å². The molecule has 1 heterocycles. The summed E-state index contributed by atoms with van der Waals surface area (Å²) in [4.78, 5) is 4.34. The second-order valence-corrected chi connectivity index (χ2v) is 5.41. The standard InChI is InChI=1S/C14H17NO2S/c1-10(16)7-12-3-5-14(6-4-12)17-8-13-9-18-11(2)15-13/h3-6,9-10,16H,7-8H2,1-2H3. The molecule has 0 saturated carbocycles. The number of aromatic nitrogens is 1. The highest BCUT2D eigenvalue weighted by Crippen LogP contribution is 2.16. The van der Waals surface area contributed by atoms with E-state index >= 15 is 0 Å². The second-order valence-electron chi connectivity index (χ2n) is 4.34. The predicted octanol–water partition coefficient (Wildman–Crippen LogP) is 2.95. The molecule has 0 aliphatic heterocycles. The van der Waals surface area contributed by atoms with Crippen LogP contribution < -0.4 is 4.74 Å². The summed E-state index contributed by atoms with van der Waals surface area (Å²) >= 11 is 1.63. The molecule has 0 aliphatic carbocycles. The zero-order valence-corrected chi connectivity index (χ0v) is 11.4. The Morgan fingerprint density at radius 2 is 2.06 bits per heavy atom. The normalized spacial score (nSPS) is 12.4. The fraction of sp³-hybridized carbons (Fsp3) is 0.357. The molecule has 0 radical (unpaired) electrons. The van der Waals surface area contributed by atoms with Crippen LogP contribution in [0.3, 0.4) is 0 Å². The average molecular weight is 263 g/mol. The monoisotopic (exact) mass is 263 g/mol. The number of hydrogen-bond acceptors (Lipinski definition) is 4. The first kappa shape index (κ1) is 13.1. The van der Waals surface area contributed by atoms with Crippen molar-refractivity contribution in [2.24, 2.45) is 0 Å². The Balaban J connectivity index is 1.90. The van der Waals surface area contributed by atoms with Crippen LogP contribution in [-0.4, -0.2) is 16.2 Å². The van der Waals surface area contributed by atoms with Crippen molar-refractivity contribution in [1.82, 2.24) is 4.98 Å². The van der Waals surface area contributed by atoms with E-state index in [-0.39, 0.29) is 6.10 Å². The van der Waals surface area contributed by atoms with Crippen molar-refractivity contribution in [3.8, 4) is 5.75 Å². The van der Waals surface area contributed by atoms with Gasteiger partial charge in [0.15, 0.2) is 0 Å². The predicted molar refractivity (Wildman–Crippen MR) is 73.0 cm³/mol. The molecule has 0 spiro atoms. The Hall–Kier alpha value is -1.39. The van der Waals surface area contributed by atoms with Crippen LogP contribution in [0.2, 0.25) is 0 Å². The number of rotatable bonds is 5. The third-order valence-electron chi connectivity index (χ3n) is 2.51. The van der Waals surface area contributed by atoms with Gasteiger partial charge in [0, 0.05) is 5.38 Å². The molecule has 3 nitrogen and oxygen atoms in total. The number of aliphatic hydroxyl groups excluding tert-OH is 1. The molecule has 0 aliphatic rings. The van der Waals surface area contributed by atoms with E-state index in [1.807, 2.05) is 36.6 Å². The van der Waals surface area contributed by atoms with Crippen LogP contribution >= 0.6 is 11.3 Å². The van der Waals surface area contributed by atoms with Gasteiger partial charge in [0.05, 0.1) is 16.8 Å². The largest absolute Gasteiger partial charge is 0.487 e. The highest BCUT2D eigenvalue weighted by molar-refractivity contribution is 7.09. The molecule has 18 heavy (non-hydrogen) atoms. The van der Waals surface area contributed by atoms with Crippen molar-refractivity contribution in [3.05, 3.63) is 45.9 Å². The first-order valence-corrected chi connectivity index (χ1v) is 6.82. The molecule has 1 unspecified atom stereocenters. The van der Waals surface area contributed by atoms with Gasteiger partial charge in [-0.25, -0.2) is 4.98 Å². The van der Waals surface area contributed by atoms with E-state index < -0.39 is 0 Å². The maximum atomic E-state index is 9.29. The number of hydrogen-bond donors (Lipinski definition) is 1. The topological polar surface area (TPSA) is 42.4 Å². The molecule has 2 rings (SSSR count). The summed E-state index contributed by atoms with van der Waals surface area (Å²) in [5.41, 5.74) is 2.08. The molecule has 0 bridgehead atoms. The molecule has 1 aromatic heterocycles. The number of aliphatic hydroxyl groups is 1. The van der Waals surface area contributed by atoms with Gasteiger partial charge < -0.3 is 9.84 Å². The molecule has 1 aromatic carbocycles. The lowest BCUT2D eigenvalue weighted by Gasteiger charge is -2.07. The van der Waals surface area contributed by atoms with Gasteiger partial charge in [0.2, 0.25) is 0 Å². The Morgan fingerprint density at radius 1 is 1.33 bits per heavy atom. The number of thiazole rings is 1. The lowest BCUT2D eigenvalue weighted by Crippen LogP contribution is -2.04. The van der Waals surface area contributed by atoms with E-state index in [2.05, 4.69) is 4.98 Å². The van der Waals surface area contributed by atoms with E-state index in [1.165, 1.54) is 0 Å². The van der Waals surface area contributed by atoms with Crippen molar-refractivity contribution in [2.75, 3.05) is 0 Å². The highest BCUT2D eigenvalue weighted by atomic mass is 32.1. The molecule has 96 valence electrons. The Labute approximate surface area is 111 Å². The number of aryl methyl sites for hydroxylation is 1. The highest BCUT2D eigenvalue weighted by Gasteiger charge is 2.02. The summed E-state index contributed by atoms with van der Waals surface area (Å²) in [7, 11) is 0. The second kappa shape index (κ2) is 5.98. The quantitative estimate of drug-likeness (QED) is 0.902. The summed E-state index contributed by atoms with van der Waals surface area (Å²) in [6.07, 6.45) is 0.362. The van der Waals surface area contributed by atoms with Crippen molar-refractivity contribution in [2.45, 2.75) is 33.0 Å². The lowest BCUT2D eigenvalue weighted by atomic mass is 10.1. The maximum Gasteiger partial charge on any atom is 0.131 e. The minimum absolute atomic E-state index is 0.310. The summed E-state index contributed by atoms with van der Waals surface area (Å²) < 4.78 is 5.65. The van der Waals surface area contributed by atoms with Crippen LogP contribution in [0.25, 0.3) is 0 Å². The van der Waals surface area contributed by atoms with E-state index in [4.69, 9.17) is 4.74 Å². The SMILES string of the molecule is Cc1nc(COc2ccc(CC(C)O)cc2)cs1. The Kier molecular flexibility index (Phi) is 4.33. The van der Waals surface area contributed by atoms with Gasteiger partial charge in [0.1, 0.15) is 12.4 Å². The molecule has 4 heteroatoms. The minimum Gasteiger partial charge on any atom is -0.487 e. The van der Waals surface area contributed by atoms with Crippen LogP contribution in [0.15, 0.2) is 29.6 Å². The van der Waals surface area contributed by atoms with Crippen molar-refractivity contribution < 1.29 is 9.84 Å². The molecule has 0 amide bonds. The van der Waals surface area contributed by atoms with Crippen LogP contribution in [0.1, 0.15) is 23.2 Å². The third kappa shape index (κ3) is 3.82. The van der Waals surface area contributed by atoms with Gasteiger partial charge in [-0.15, -0.1) is 11.3 Å². The summed E-state index contributed by atoms with van der Waals surface area (Å²) in [6, 6.07) is 7.82. The summed E-state index contributed by atoms with van der Waals surface area (Å²) in [6.45, 7) is 4.27. The first-order chi connectivity index (χ1) is 8.63. The van der Waals surface area contributed by atoms with Gasteiger partial charge in [-0.2, -0.15) is 0 Å². The molecule has 2 aromatic rings. The van der Waals surface area contributed by atoms with Crippen LogP contribution in [0.4, 0.5) is 0 Å². The molecular formula is C14H17NO2S. The van der Waals surface area contributed by atoms with Crippen molar-refractivity contribution in [1.29, 1.82) is 0 Å². The fourth-order valence-corrected chi connectivity index (χ4v) is 2.29. The fourth-order valence-electron chi connectivity index (χ4n) is 1.69. The summed E-state index contributed by atoms with van der Waals surface area (Å²) in [5, 5.41) is 12.4. The molecular weight excluding hydrogens is 246 g/mol. The molecule has 0 fully saturated rings. The maximum absolute atomic E-state index is 9.29. The smallest absolute Gasteiger partial charge is 0.131 e. The molecule has 0 saturated heterocycles. The van der Waals surface area contributed by atoms with Gasteiger partial charge in [-0.3, -0.25) is 0 Å². The molecule has 1 atom stereocenters. The van der Waals surface area contributed by atoms with Crippen LogP contribution in [0, 0.1) is 6.92 Å². The zero-order valence-electron chi connectivity index (χ0n) is 10.6. The van der Waals surface area contributed by atoms with E-state index in [1.54, 1.807) is 18.3 Å². The number of ether oxygens (including phenoxy) is 1. The zero-order chi connectivity index (χ0) is 13.0. The van der Waals surface area contributed by atoms with E-state index in [0.29, 0.717) is 13.0 Å². The van der Waals surface area contributed by atoms with Crippen molar-refractivity contribution >= 4 is 11.3 Å². The van der Waals surface area contributed by atoms with Gasteiger partial charge in [0.25, 0.3) is 0 Å². The molecule has 1 N–H and O–H groups in total. The average Bonchev–Trinajstić information content (AvgIpc) is 2.74. The Morgan fingerprint density at radius 3 is 2.61 bits per heavy atom. The third-order valence-corrected chi connectivity index (χ3v) is 3.33. The van der Waals surface area contributed by atoms with E-state index in [9.17, 15) is 5.11 Å². The van der Waals surface area contributed by atoms with Gasteiger partial charge in [-0.1, -0.05) is 12.1 Å². The number of benzene rings is 1. The minimum atomic E-state index is -0.310. The van der Waals surface area contributed by atoms with E-state index in [0.717, 1.165) is 22.0 Å². The van der Waals surface area contributed by atoms with Crippen LogP contribution in [0.5, 0.6) is 5.75 Å². The van der Waals surface area contributed by atoms with Gasteiger partial charge in [-0.05, 0) is 38.0 Å². The Bertz CT molecular complexity index is 491. The van der Waals surface area contributed by atoms with Crippen LogP contribution in [-0.2, 0) is 13.0 Å².